The second-order valence-corrected chi connectivity index (χ2v) is 6.81. The smallest absolute Gasteiger partial charge is 0.106 e. The molecule has 0 saturated heterocycles. The van der Waals surface area contributed by atoms with Crippen molar-refractivity contribution >= 4 is 21.6 Å². The molecule has 0 atom stereocenters. The number of aromatic nitrogens is 1. The van der Waals surface area contributed by atoms with E-state index in [1.165, 1.54) is 51.4 Å². The predicted octanol–water partition coefficient (Wildman–Crippen LogP) is 4.76. The van der Waals surface area contributed by atoms with Crippen LogP contribution in [0.15, 0.2) is 22.9 Å². The number of hydrogen-bond acceptors (Lipinski definition) is 2. The summed E-state index contributed by atoms with van der Waals surface area (Å²) < 4.78 is 0.904. The monoisotopic (exact) mass is 308 g/mol. The lowest BCUT2D eigenvalue weighted by Crippen LogP contribution is -2.31. The zero-order chi connectivity index (χ0) is 12.4. The molecule has 1 spiro atoms. The van der Waals surface area contributed by atoms with Gasteiger partial charge in [0.15, 0.2) is 0 Å². The predicted molar refractivity (Wildman–Crippen MR) is 78.7 cm³/mol. The lowest BCUT2D eigenvalue weighted by Gasteiger charge is -2.37. The van der Waals surface area contributed by atoms with Gasteiger partial charge < -0.3 is 5.32 Å². The minimum Gasteiger partial charge on any atom is -0.381 e. The van der Waals surface area contributed by atoms with Crippen LogP contribution < -0.4 is 5.32 Å². The standard InChI is InChI=1S/C15H21BrN2/c16-14-4-3-13(11-17-14)18-12-5-9-15(10-6-12)7-1-2-8-15/h3-4,11-12,18H,1-2,5-10H2. The van der Waals surface area contributed by atoms with E-state index < -0.39 is 0 Å². The number of anilines is 1. The molecular formula is C15H21BrN2. The second kappa shape index (κ2) is 5.20. The highest BCUT2D eigenvalue weighted by Gasteiger charge is 2.37. The van der Waals surface area contributed by atoms with Crippen molar-refractivity contribution in [2.24, 2.45) is 5.41 Å². The third kappa shape index (κ3) is 2.71. The first-order chi connectivity index (χ1) is 8.76. The summed E-state index contributed by atoms with van der Waals surface area (Å²) in [7, 11) is 0. The quantitative estimate of drug-likeness (QED) is 0.797. The van der Waals surface area contributed by atoms with E-state index in [1.807, 2.05) is 12.3 Å². The highest BCUT2D eigenvalue weighted by atomic mass is 79.9. The number of pyridine rings is 1. The van der Waals surface area contributed by atoms with Crippen LogP contribution in [-0.2, 0) is 0 Å². The minimum atomic E-state index is 0.652. The summed E-state index contributed by atoms with van der Waals surface area (Å²) in [5.41, 5.74) is 1.89. The summed E-state index contributed by atoms with van der Waals surface area (Å²) in [6, 6.07) is 4.76. The number of rotatable bonds is 2. The number of nitrogens with one attached hydrogen (secondary N) is 1. The van der Waals surface area contributed by atoms with Gasteiger partial charge in [0.1, 0.15) is 4.60 Å². The lowest BCUT2D eigenvalue weighted by atomic mass is 9.71. The summed E-state index contributed by atoms with van der Waals surface area (Å²) >= 11 is 3.37. The van der Waals surface area contributed by atoms with Gasteiger partial charge in [0, 0.05) is 6.04 Å². The highest BCUT2D eigenvalue weighted by Crippen LogP contribution is 2.49. The first-order valence-electron chi connectivity index (χ1n) is 7.14. The van der Waals surface area contributed by atoms with E-state index in [9.17, 15) is 0 Å². The molecule has 3 heteroatoms. The first kappa shape index (κ1) is 12.5. The maximum absolute atomic E-state index is 4.27. The van der Waals surface area contributed by atoms with Crippen molar-refractivity contribution in [1.29, 1.82) is 0 Å². The Kier molecular flexibility index (Phi) is 3.60. The van der Waals surface area contributed by atoms with E-state index in [-0.39, 0.29) is 0 Å². The molecule has 0 amide bonds. The van der Waals surface area contributed by atoms with Crippen LogP contribution in [-0.4, -0.2) is 11.0 Å². The van der Waals surface area contributed by atoms with Gasteiger partial charge in [-0.25, -0.2) is 4.98 Å². The maximum Gasteiger partial charge on any atom is 0.106 e. The van der Waals surface area contributed by atoms with Crippen LogP contribution in [0.2, 0.25) is 0 Å². The Morgan fingerprint density at radius 3 is 2.44 bits per heavy atom. The molecule has 2 nitrogen and oxygen atoms in total. The van der Waals surface area contributed by atoms with Gasteiger partial charge in [0.05, 0.1) is 11.9 Å². The Bertz CT molecular complexity index is 385. The molecule has 98 valence electrons. The van der Waals surface area contributed by atoms with Crippen LogP contribution in [0.3, 0.4) is 0 Å². The fourth-order valence-electron chi connectivity index (χ4n) is 3.70. The molecule has 0 unspecified atom stereocenters. The van der Waals surface area contributed by atoms with Crippen molar-refractivity contribution in [3.05, 3.63) is 22.9 Å². The molecule has 2 saturated carbocycles. The zero-order valence-electron chi connectivity index (χ0n) is 10.8. The van der Waals surface area contributed by atoms with Crippen molar-refractivity contribution in [1.82, 2.24) is 4.98 Å². The summed E-state index contributed by atoms with van der Waals surface area (Å²) in [6.45, 7) is 0. The normalized spacial score (nSPS) is 23.4. The van der Waals surface area contributed by atoms with Gasteiger partial charge in [-0.2, -0.15) is 0 Å². The van der Waals surface area contributed by atoms with Gasteiger partial charge in [-0.05, 0) is 72.0 Å². The molecule has 0 aliphatic heterocycles. The van der Waals surface area contributed by atoms with E-state index in [1.54, 1.807) is 0 Å². The van der Waals surface area contributed by atoms with E-state index in [0.29, 0.717) is 6.04 Å². The van der Waals surface area contributed by atoms with E-state index in [2.05, 4.69) is 32.3 Å². The Balaban J connectivity index is 1.55. The summed E-state index contributed by atoms with van der Waals surface area (Å²) in [5, 5.41) is 3.63. The van der Waals surface area contributed by atoms with Gasteiger partial charge in [0.25, 0.3) is 0 Å². The number of hydrogen-bond donors (Lipinski definition) is 1. The summed E-state index contributed by atoms with van der Waals surface area (Å²) in [5.74, 6) is 0. The maximum atomic E-state index is 4.27. The Labute approximate surface area is 118 Å². The fourth-order valence-corrected chi connectivity index (χ4v) is 3.93. The molecule has 2 aliphatic carbocycles. The minimum absolute atomic E-state index is 0.652. The molecule has 0 aromatic carbocycles. The van der Waals surface area contributed by atoms with Gasteiger partial charge in [-0.15, -0.1) is 0 Å². The molecule has 2 aliphatic rings. The van der Waals surface area contributed by atoms with Crippen LogP contribution >= 0.6 is 15.9 Å². The van der Waals surface area contributed by atoms with E-state index in [4.69, 9.17) is 0 Å². The van der Waals surface area contributed by atoms with Gasteiger partial charge in [-0.1, -0.05) is 12.8 Å². The molecule has 1 aromatic rings. The van der Waals surface area contributed by atoms with Crippen molar-refractivity contribution < 1.29 is 0 Å². The van der Waals surface area contributed by atoms with Crippen molar-refractivity contribution in [2.75, 3.05) is 5.32 Å². The Hall–Kier alpha value is -0.570. The lowest BCUT2D eigenvalue weighted by molar-refractivity contribution is 0.188. The topological polar surface area (TPSA) is 24.9 Å². The van der Waals surface area contributed by atoms with Crippen molar-refractivity contribution in [2.45, 2.75) is 57.4 Å². The third-order valence-corrected chi connectivity index (χ3v) is 5.28. The molecule has 0 bridgehead atoms. The first-order valence-corrected chi connectivity index (χ1v) is 7.93. The zero-order valence-corrected chi connectivity index (χ0v) is 12.4. The van der Waals surface area contributed by atoms with Crippen LogP contribution in [0.1, 0.15) is 51.4 Å². The summed E-state index contributed by atoms with van der Waals surface area (Å²) in [6.07, 6.45) is 13.3. The third-order valence-electron chi connectivity index (χ3n) is 4.81. The molecule has 0 radical (unpaired) electrons. The molecule has 1 N–H and O–H groups in total. The molecule has 3 rings (SSSR count). The van der Waals surface area contributed by atoms with Crippen molar-refractivity contribution in [3.63, 3.8) is 0 Å². The van der Waals surface area contributed by atoms with Crippen LogP contribution in [0.4, 0.5) is 5.69 Å². The largest absolute Gasteiger partial charge is 0.381 e. The van der Waals surface area contributed by atoms with Gasteiger partial charge in [0.2, 0.25) is 0 Å². The van der Waals surface area contributed by atoms with Crippen LogP contribution in [0, 0.1) is 5.41 Å². The van der Waals surface area contributed by atoms with Crippen LogP contribution in [0.5, 0.6) is 0 Å². The average Bonchev–Trinajstić information content (AvgIpc) is 2.84. The SMILES string of the molecule is Brc1ccc(NC2CCC3(CCCC3)CC2)cn1. The van der Waals surface area contributed by atoms with E-state index in [0.717, 1.165) is 15.7 Å². The van der Waals surface area contributed by atoms with E-state index >= 15 is 0 Å². The molecule has 1 aromatic heterocycles. The Morgan fingerprint density at radius 1 is 1.11 bits per heavy atom. The fraction of sp³-hybridized carbons (Fsp3) is 0.667. The average molecular weight is 309 g/mol. The molecule has 1 heterocycles. The summed E-state index contributed by atoms with van der Waals surface area (Å²) in [4.78, 5) is 4.27. The van der Waals surface area contributed by atoms with Crippen molar-refractivity contribution in [3.8, 4) is 0 Å². The molecule has 18 heavy (non-hydrogen) atoms. The number of nitrogens with zero attached hydrogens (tertiary/aromatic N) is 1. The van der Waals surface area contributed by atoms with Gasteiger partial charge in [-0.3, -0.25) is 0 Å². The van der Waals surface area contributed by atoms with Crippen LogP contribution in [0.25, 0.3) is 0 Å². The molecule has 2 fully saturated rings. The Morgan fingerprint density at radius 2 is 1.83 bits per heavy atom. The molecular weight excluding hydrogens is 288 g/mol. The second-order valence-electron chi connectivity index (χ2n) is 6.00. The van der Waals surface area contributed by atoms with Gasteiger partial charge >= 0.3 is 0 Å². The highest BCUT2D eigenvalue weighted by molar-refractivity contribution is 9.10. The number of halogens is 1.